The molecule has 0 saturated carbocycles. The molecule has 3 rings (SSSR count). The summed E-state index contributed by atoms with van der Waals surface area (Å²) in [5, 5.41) is 7.12. The summed E-state index contributed by atoms with van der Waals surface area (Å²) in [6.45, 7) is 2.47. The molecule has 2 amide bonds. The number of nitrogens with one attached hydrogen (secondary N) is 2. The van der Waals surface area contributed by atoms with E-state index in [1.165, 1.54) is 6.07 Å². The van der Waals surface area contributed by atoms with Gasteiger partial charge in [-0.25, -0.2) is 8.42 Å². The Labute approximate surface area is 185 Å². The van der Waals surface area contributed by atoms with Gasteiger partial charge in [-0.05, 0) is 66.9 Å². The van der Waals surface area contributed by atoms with E-state index in [1.807, 2.05) is 6.92 Å². The van der Waals surface area contributed by atoms with Crippen molar-refractivity contribution in [1.29, 1.82) is 0 Å². The van der Waals surface area contributed by atoms with Crippen molar-refractivity contribution in [3.05, 3.63) is 71.6 Å². The Balaban J connectivity index is 1.52. The molecule has 162 valence electrons. The molecule has 2 N–H and O–H groups in total. The molecule has 0 atom stereocenters. The number of amides is 2. The molecule has 2 aromatic carbocycles. The first-order valence-corrected chi connectivity index (χ1v) is 12.1. The second kappa shape index (κ2) is 10.2. The van der Waals surface area contributed by atoms with Crippen LogP contribution < -0.4 is 15.4 Å². The number of anilines is 2. The average Bonchev–Trinajstić information content (AvgIpc) is 3.31. The van der Waals surface area contributed by atoms with Gasteiger partial charge in [0.2, 0.25) is 5.91 Å². The van der Waals surface area contributed by atoms with Crippen LogP contribution in [0, 0.1) is 0 Å². The van der Waals surface area contributed by atoms with Crippen molar-refractivity contribution in [2.24, 2.45) is 0 Å². The van der Waals surface area contributed by atoms with Crippen LogP contribution in [0.25, 0.3) is 0 Å². The fraction of sp³-hybridized carbons (Fsp3) is 0.182. The number of hydrogen-bond acceptors (Lipinski definition) is 6. The van der Waals surface area contributed by atoms with Crippen molar-refractivity contribution in [2.75, 3.05) is 23.0 Å². The summed E-state index contributed by atoms with van der Waals surface area (Å²) in [5.41, 5.74) is 1.54. The van der Waals surface area contributed by atoms with Gasteiger partial charge in [0.05, 0.1) is 12.4 Å². The third-order valence-corrected chi connectivity index (χ3v) is 7.46. The topological polar surface area (TPSA) is 102 Å². The maximum Gasteiger partial charge on any atom is 0.255 e. The molecule has 0 fully saturated rings. The van der Waals surface area contributed by atoms with Crippen LogP contribution in [0.4, 0.5) is 11.4 Å². The summed E-state index contributed by atoms with van der Waals surface area (Å²) < 4.78 is 29.9. The first-order chi connectivity index (χ1) is 14.9. The highest BCUT2D eigenvalue weighted by atomic mass is 32.2. The van der Waals surface area contributed by atoms with Crippen molar-refractivity contribution in [2.45, 2.75) is 17.6 Å². The Morgan fingerprint density at radius 3 is 2.19 bits per heavy atom. The first-order valence-electron chi connectivity index (χ1n) is 9.58. The summed E-state index contributed by atoms with van der Waals surface area (Å²) in [6.07, 6.45) is -0.153. The first kappa shape index (κ1) is 22.5. The Kier molecular flexibility index (Phi) is 7.43. The quantitative estimate of drug-likeness (QED) is 0.500. The second-order valence-electron chi connectivity index (χ2n) is 6.54. The molecule has 0 aliphatic heterocycles. The van der Waals surface area contributed by atoms with Gasteiger partial charge in [-0.2, -0.15) is 0 Å². The number of rotatable bonds is 9. The monoisotopic (exact) mass is 458 g/mol. The molecule has 0 radical (unpaired) electrons. The molecule has 0 unspecified atom stereocenters. The van der Waals surface area contributed by atoms with Crippen molar-refractivity contribution in [1.82, 2.24) is 0 Å². The van der Waals surface area contributed by atoms with E-state index >= 15 is 0 Å². The van der Waals surface area contributed by atoms with E-state index in [9.17, 15) is 18.0 Å². The molecule has 0 aliphatic carbocycles. The van der Waals surface area contributed by atoms with E-state index in [0.717, 1.165) is 17.1 Å². The second-order valence-corrected chi connectivity index (χ2v) is 9.82. The molecular weight excluding hydrogens is 436 g/mol. The highest BCUT2D eigenvalue weighted by Gasteiger charge is 2.17. The number of carbonyl (C=O) groups is 2. The van der Waals surface area contributed by atoms with Crippen molar-refractivity contribution in [3.63, 3.8) is 0 Å². The van der Waals surface area contributed by atoms with Crippen molar-refractivity contribution >= 4 is 44.4 Å². The Morgan fingerprint density at radius 2 is 1.58 bits per heavy atom. The van der Waals surface area contributed by atoms with Gasteiger partial charge in [-0.3, -0.25) is 9.59 Å². The van der Waals surface area contributed by atoms with E-state index in [-0.39, 0.29) is 22.3 Å². The lowest BCUT2D eigenvalue weighted by Gasteiger charge is -2.09. The van der Waals surface area contributed by atoms with Crippen molar-refractivity contribution < 1.29 is 22.7 Å². The molecule has 0 aliphatic rings. The zero-order chi connectivity index (χ0) is 22.3. The third kappa shape index (κ3) is 6.40. The molecule has 0 saturated heterocycles. The van der Waals surface area contributed by atoms with Crippen LogP contribution in [0.5, 0.6) is 5.75 Å². The van der Waals surface area contributed by atoms with Crippen LogP contribution in [-0.2, 0) is 14.6 Å². The van der Waals surface area contributed by atoms with Gasteiger partial charge in [0.25, 0.3) is 5.91 Å². The number of carbonyl (C=O) groups excluding carboxylic acids is 2. The third-order valence-electron chi connectivity index (χ3n) is 4.25. The predicted molar refractivity (Wildman–Crippen MR) is 122 cm³/mol. The lowest BCUT2D eigenvalue weighted by molar-refractivity contribution is -0.115. The van der Waals surface area contributed by atoms with E-state index in [2.05, 4.69) is 10.6 Å². The Morgan fingerprint density at radius 1 is 0.935 bits per heavy atom. The highest BCUT2D eigenvalue weighted by molar-refractivity contribution is 7.93. The molecule has 7 nitrogen and oxygen atoms in total. The average molecular weight is 459 g/mol. The summed E-state index contributed by atoms with van der Waals surface area (Å²) in [7, 11) is -3.46. The molecule has 1 aromatic heterocycles. The Hall–Kier alpha value is -3.17. The van der Waals surface area contributed by atoms with Crippen LogP contribution >= 0.6 is 11.3 Å². The fourth-order valence-electron chi connectivity index (χ4n) is 2.70. The van der Waals surface area contributed by atoms with Gasteiger partial charge in [-0.15, -0.1) is 11.3 Å². The standard InChI is InChI=1S/C22H22N2O5S2/c1-2-29-19-11-9-18(10-12-19)24-22(26)16-5-7-17(8-6-16)23-20(25)13-15-31(27,28)21-4-3-14-30-21/h3-12,14H,2,13,15H2,1H3,(H,23,25)(H,24,26). The zero-order valence-electron chi connectivity index (χ0n) is 16.8. The molecule has 9 heteroatoms. The minimum Gasteiger partial charge on any atom is -0.494 e. The largest absolute Gasteiger partial charge is 0.494 e. The van der Waals surface area contributed by atoms with Crippen LogP contribution in [0.3, 0.4) is 0 Å². The number of ether oxygens (including phenoxy) is 1. The van der Waals surface area contributed by atoms with E-state index in [0.29, 0.717) is 23.5 Å². The van der Waals surface area contributed by atoms with E-state index < -0.39 is 15.7 Å². The molecule has 0 bridgehead atoms. The maximum absolute atomic E-state index is 12.4. The highest BCUT2D eigenvalue weighted by Crippen LogP contribution is 2.19. The van der Waals surface area contributed by atoms with Gasteiger partial charge in [-0.1, -0.05) is 6.07 Å². The minimum atomic E-state index is -3.46. The summed E-state index contributed by atoms with van der Waals surface area (Å²) in [5.74, 6) is -0.235. The summed E-state index contributed by atoms with van der Waals surface area (Å²) in [6, 6.07) is 16.6. The Bertz CT molecular complexity index is 1120. The molecule has 0 spiro atoms. The van der Waals surface area contributed by atoms with Gasteiger partial charge in [0.15, 0.2) is 9.84 Å². The molecule has 3 aromatic rings. The van der Waals surface area contributed by atoms with E-state index in [4.69, 9.17) is 4.74 Å². The van der Waals surface area contributed by atoms with Gasteiger partial charge < -0.3 is 15.4 Å². The number of thiophene rings is 1. The molecule has 1 heterocycles. The van der Waals surface area contributed by atoms with Gasteiger partial charge in [0, 0.05) is 23.4 Å². The predicted octanol–water partition coefficient (Wildman–Crippen LogP) is 4.20. The van der Waals surface area contributed by atoms with Crippen molar-refractivity contribution in [3.8, 4) is 5.75 Å². The van der Waals surface area contributed by atoms with E-state index in [1.54, 1.807) is 60.0 Å². The summed E-state index contributed by atoms with van der Waals surface area (Å²) >= 11 is 1.13. The number of sulfone groups is 1. The SMILES string of the molecule is CCOc1ccc(NC(=O)c2ccc(NC(=O)CCS(=O)(=O)c3cccs3)cc2)cc1. The van der Waals surface area contributed by atoms with Gasteiger partial charge in [0.1, 0.15) is 9.96 Å². The molecule has 31 heavy (non-hydrogen) atoms. The normalized spacial score (nSPS) is 11.0. The lowest BCUT2D eigenvalue weighted by atomic mass is 10.2. The van der Waals surface area contributed by atoms with Gasteiger partial charge >= 0.3 is 0 Å². The fourth-order valence-corrected chi connectivity index (χ4v) is 5.09. The summed E-state index contributed by atoms with van der Waals surface area (Å²) in [4.78, 5) is 24.5. The lowest BCUT2D eigenvalue weighted by Crippen LogP contribution is -2.17. The zero-order valence-corrected chi connectivity index (χ0v) is 18.5. The van der Waals surface area contributed by atoms with Crippen LogP contribution in [-0.4, -0.2) is 32.6 Å². The minimum absolute atomic E-state index is 0.153. The van der Waals surface area contributed by atoms with Crippen LogP contribution in [0.2, 0.25) is 0 Å². The maximum atomic E-state index is 12.4. The van der Waals surface area contributed by atoms with Crippen LogP contribution in [0.15, 0.2) is 70.3 Å². The molecular formula is C22H22N2O5S2. The number of hydrogen-bond donors (Lipinski definition) is 2. The number of benzene rings is 2. The van der Waals surface area contributed by atoms with Crippen LogP contribution in [0.1, 0.15) is 23.7 Å². The smallest absolute Gasteiger partial charge is 0.255 e.